The van der Waals surface area contributed by atoms with E-state index in [1.165, 1.54) is 43.1 Å². The number of para-hydroxylation sites is 2. The Morgan fingerprint density at radius 2 is 0.643 bits per heavy atom. The molecule has 6 bridgehead atoms. The maximum atomic E-state index is 5.22. The van der Waals surface area contributed by atoms with Crippen LogP contribution >= 0.6 is 0 Å². The third kappa shape index (κ3) is 4.64. The average molecular weight is 714 g/mol. The zero-order valence-corrected chi connectivity index (χ0v) is 30.1. The highest BCUT2D eigenvalue weighted by Gasteiger charge is 2.17. The van der Waals surface area contributed by atoms with Crippen LogP contribution in [0.3, 0.4) is 0 Å². The summed E-state index contributed by atoms with van der Waals surface area (Å²) in [4.78, 5) is 15.5. The van der Waals surface area contributed by atoms with Gasteiger partial charge in [0, 0.05) is 49.3 Å². The van der Waals surface area contributed by atoms with Crippen LogP contribution in [0.5, 0.6) is 0 Å². The number of fused-ring (bicyclic) bond motifs is 15. The van der Waals surface area contributed by atoms with Gasteiger partial charge in [-0.15, -0.1) is 0 Å². The van der Waals surface area contributed by atoms with E-state index in [0.29, 0.717) is 17.5 Å². The average Bonchev–Trinajstić information content (AvgIpc) is 3.78. The van der Waals surface area contributed by atoms with Gasteiger partial charge in [-0.1, -0.05) is 146 Å². The molecule has 0 unspecified atom stereocenters. The van der Waals surface area contributed by atoms with Gasteiger partial charge in [0.25, 0.3) is 0 Å². The van der Waals surface area contributed by atoms with Crippen LogP contribution in [0.2, 0.25) is 0 Å². The first-order valence-electron chi connectivity index (χ1n) is 18.9. The van der Waals surface area contributed by atoms with Gasteiger partial charge >= 0.3 is 0 Å². The fraction of sp³-hybridized carbons (Fsp3) is 0. The van der Waals surface area contributed by atoms with Gasteiger partial charge in [-0.3, -0.25) is 0 Å². The first-order chi connectivity index (χ1) is 27.7. The molecule has 5 nitrogen and oxygen atoms in total. The molecule has 0 spiro atoms. The van der Waals surface area contributed by atoms with Gasteiger partial charge in [-0.25, -0.2) is 15.0 Å². The fourth-order valence-electron chi connectivity index (χ4n) is 8.74. The van der Waals surface area contributed by atoms with E-state index >= 15 is 0 Å². The summed E-state index contributed by atoms with van der Waals surface area (Å²) in [5, 5.41) is 9.57. The first kappa shape index (κ1) is 30.8. The van der Waals surface area contributed by atoms with Gasteiger partial charge in [-0.05, 0) is 64.0 Å². The molecule has 0 fully saturated rings. The molecular weight excluding hydrogens is 683 g/mol. The van der Waals surface area contributed by atoms with E-state index in [4.69, 9.17) is 15.0 Å². The standard InChI is InChI=1S/C51H31N5/c1-3-13-32(14-4-1)49-52-50(33-15-5-2-6-16-33)54-51(53-49)36-27-37-31-38(28-36)56-46-22-12-10-20-42(46)44-26-24-35(30-48(44)56)40-18-8-7-17-39(40)34-23-25-43-41-19-9-11-21-45(41)55(37)47(43)29-34/h1-31H. The Kier molecular flexibility index (Phi) is 6.56. The van der Waals surface area contributed by atoms with Crippen LogP contribution in [0.15, 0.2) is 188 Å². The van der Waals surface area contributed by atoms with Crippen LogP contribution in [0, 0.1) is 0 Å². The number of nitrogens with zero attached hydrogens (tertiary/aromatic N) is 5. The van der Waals surface area contributed by atoms with E-state index in [2.05, 4.69) is 160 Å². The van der Waals surface area contributed by atoms with Crippen molar-refractivity contribution in [3.8, 4) is 34.2 Å². The van der Waals surface area contributed by atoms with Crippen LogP contribution in [0.1, 0.15) is 0 Å². The van der Waals surface area contributed by atoms with Crippen molar-refractivity contribution in [2.45, 2.75) is 0 Å². The van der Waals surface area contributed by atoms with Crippen molar-refractivity contribution in [1.82, 2.24) is 23.8 Å². The molecule has 0 saturated heterocycles. The van der Waals surface area contributed by atoms with Crippen molar-refractivity contribution in [2.24, 2.45) is 0 Å². The summed E-state index contributed by atoms with van der Waals surface area (Å²) in [6, 6.07) is 67.2. The quantitative estimate of drug-likeness (QED) is 0.183. The van der Waals surface area contributed by atoms with Crippen LogP contribution in [0.25, 0.3) is 110 Å². The van der Waals surface area contributed by atoms with Crippen LogP contribution < -0.4 is 0 Å². The van der Waals surface area contributed by atoms with Gasteiger partial charge in [0.1, 0.15) is 0 Å². The SMILES string of the molecule is c1ccc(-c2nc(-c3ccccc3)nc(-c3cc4cc(c3)n3c5ccccc5c5ccc(cc53)c3ccccc3c3ccc5c6ccccc6n4c5c3)n2)cc1. The van der Waals surface area contributed by atoms with Gasteiger partial charge in [0.05, 0.1) is 22.1 Å². The lowest BCUT2D eigenvalue weighted by Crippen LogP contribution is -2.00. The fourth-order valence-corrected chi connectivity index (χ4v) is 8.74. The molecule has 12 aromatic rings. The van der Waals surface area contributed by atoms with Crippen molar-refractivity contribution in [1.29, 1.82) is 0 Å². The van der Waals surface area contributed by atoms with Gasteiger partial charge in [0.2, 0.25) is 0 Å². The zero-order chi connectivity index (χ0) is 36.7. The molecule has 4 aromatic heterocycles. The highest BCUT2D eigenvalue weighted by Crippen LogP contribution is 2.37. The topological polar surface area (TPSA) is 47.5 Å². The van der Waals surface area contributed by atoms with Crippen LogP contribution in [-0.4, -0.2) is 23.8 Å². The summed E-state index contributed by atoms with van der Waals surface area (Å²) in [7, 11) is 0. The van der Waals surface area contributed by atoms with E-state index in [-0.39, 0.29) is 0 Å². The van der Waals surface area contributed by atoms with E-state index in [0.717, 1.165) is 49.8 Å². The maximum absolute atomic E-state index is 5.22. The third-order valence-electron chi connectivity index (χ3n) is 11.3. The van der Waals surface area contributed by atoms with Gasteiger partial charge in [0.15, 0.2) is 17.5 Å². The second-order valence-corrected chi connectivity index (χ2v) is 14.5. The Morgan fingerprint density at radius 1 is 0.268 bits per heavy atom. The number of hydrogen-bond donors (Lipinski definition) is 0. The first-order valence-corrected chi connectivity index (χ1v) is 18.9. The van der Waals surface area contributed by atoms with Crippen LogP contribution in [0.4, 0.5) is 0 Å². The van der Waals surface area contributed by atoms with Crippen molar-refractivity contribution >= 4 is 76.2 Å². The largest absolute Gasteiger partial charge is 0.309 e. The molecule has 12 rings (SSSR count). The van der Waals surface area contributed by atoms with Gasteiger partial charge < -0.3 is 8.80 Å². The Labute approximate surface area is 321 Å². The molecule has 0 aliphatic rings. The lowest BCUT2D eigenvalue weighted by atomic mass is 10.0. The minimum Gasteiger partial charge on any atom is -0.309 e. The van der Waals surface area contributed by atoms with E-state index < -0.39 is 0 Å². The molecule has 56 heavy (non-hydrogen) atoms. The second kappa shape index (κ2) is 11.9. The third-order valence-corrected chi connectivity index (χ3v) is 11.3. The van der Waals surface area contributed by atoms with Crippen molar-refractivity contribution in [3.05, 3.63) is 188 Å². The molecule has 260 valence electrons. The van der Waals surface area contributed by atoms with E-state index in [9.17, 15) is 0 Å². The Balaban J connectivity index is 1.33. The highest BCUT2D eigenvalue weighted by molar-refractivity contribution is 6.16. The minimum absolute atomic E-state index is 0.612. The summed E-state index contributed by atoms with van der Waals surface area (Å²) in [5.74, 6) is 1.88. The second-order valence-electron chi connectivity index (χ2n) is 14.5. The van der Waals surface area contributed by atoms with Crippen molar-refractivity contribution < 1.29 is 0 Å². The summed E-state index contributed by atoms with van der Waals surface area (Å²) in [5.41, 5.74) is 9.38. The minimum atomic E-state index is 0.612. The summed E-state index contributed by atoms with van der Waals surface area (Å²) < 4.78 is 4.83. The molecule has 0 N–H and O–H groups in total. The monoisotopic (exact) mass is 713 g/mol. The number of benzene rings is 8. The van der Waals surface area contributed by atoms with Crippen molar-refractivity contribution in [3.63, 3.8) is 0 Å². The van der Waals surface area contributed by atoms with E-state index in [1.807, 2.05) is 36.4 Å². The molecule has 0 radical (unpaired) electrons. The molecule has 0 amide bonds. The van der Waals surface area contributed by atoms with Gasteiger partial charge in [-0.2, -0.15) is 0 Å². The lowest BCUT2D eigenvalue weighted by Gasteiger charge is -2.10. The molecule has 5 heteroatoms. The number of rotatable bonds is 3. The normalized spacial score (nSPS) is 11.9. The lowest BCUT2D eigenvalue weighted by molar-refractivity contribution is 1.07. The smallest absolute Gasteiger partial charge is 0.164 e. The molecule has 4 heterocycles. The Bertz CT molecular complexity index is 3350. The molecule has 0 atom stereocenters. The summed E-state index contributed by atoms with van der Waals surface area (Å²) >= 11 is 0. The Hall–Kier alpha value is -7.63. The summed E-state index contributed by atoms with van der Waals surface area (Å²) in [6.45, 7) is 0. The summed E-state index contributed by atoms with van der Waals surface area (Å²) in [6.07, 6.45) is 0. The Morgan fingerprint density at radius 3 is 1.11 bits per heavy atom. The predicted octanol–water partition coefficient (Wildman–Crippen LogP) is 12.9. The molecular formula is C51H31N5. The zero-order valence-electron chi connectivity index (χ0n) is 30.1. The molecule has 0 aliphatic heterocycles. The maximum Gasteiger partial charge on any atom is 0.164 e. The highest BCUT2D eigenvalue weighted by atomic mass is 15.0. The van der Waals surface area contributed by atoms with Crippen LogP contribution in [-0.2, 0) is 0 Å². The number of hydrogen-bond acceptors (Lipinski definition) is 3. The molecule has 8 aromatic carbocycles. The van der Waals surface area contributed by atoms with E-state index in [1.54, 1.807) is 0 Å². The predicted molar refractivity (Wildman–Crippen MR) is 232 cm³/mol. The number of aromatic nitrogens is 5. The van der Waals surface area contributed by atoms with Crippen molar-refractivity contribution in [2.75, 3.05) is 0 Å². The molecule has 0 aliphatic carbocycles. The molecule has 0 saturated carbocycles.